The normalized spacial score (nSPS) is 29.3. The van der Waals surface area contributed by atoms with Gasteiger partial charge in [-0.05, 0) is 39.4 Å². The van der Waals surface area contributed by atoms with Crippen LogP contribution in [0.3, 0.4) is 0 Å². The van der Waals surface area contributed by atoms with Crippen LogP contribution in [0.5, 0.6) is 0 Å². The third kappa shape index (κ3) is 5.38. The lowest BCUT2D eigenvalue weighted by atomic mass is 9.97. The highest BCUT2D eigenvalue weighted by Gasteiger charge is 2.32. The van der Waals surface area contributed by atoms with E-state index in [-0.39, 0.29) is 5.09 Å². The van der Waals surface area contributed by atoms with E-state index in [1.165, 1.54) is 0 Å². The lowest BCUT2D eigenvalue weighted by molar-refractivity contribution is -0.153. The number of carboxylic acids is 1. The number of aromatic nitrogens is 4. The molecule has 1 aromatic heterocycles. The van der Waals surface area contributed by atoms with Crippen LogP contribution >= 0.6 is 0 Å². The molecule has 3 rings (SSSR count). The van der Waals surface area contributed by atoms with Gasteiger partial charge in [-0.3, -0.25) is 4.79 Å². The van der Waals surface area contributed by atoms with Crippen molar-refractivity contribution in [2.75, 3.05) is 0 Å². The molecule has 0 fully saturated rings. The zero-order chi connectivity index (χ0) is 48.1. The summed E-state index contributed by atoms with van der Waals surface area (Å²) in [5, 5.41) is 13.6. The van der Waals surface area contributed by atoms with Crippen molar-refractivity contribution in [2.24, 2.45) is 5.89 Å². The van der Waals surface area contributed by atoms with Gasteiger partial charge in [-0.2, -0.15) is 0 Å². The SMILES string of the molecule is [2H]OC(=O)[C@@]([2H])(N(C(=O)C([2H])([2H])C([2H])([2H])C([2H])([2H])C([2H])([2H])[2H])C([2H])([2H])c1c([2H])c([2H])c(-c2c([2H])c([2H])c([2H])c([2H])c2-c2nnnn2[2H])c([2H])c1[2H])C([2H])(C([2H])([2H])[2H])C([2H])([2H])[2H]. The number of hydrogen-bond acceptors (Lipinski definition) is 6. The number of carbonyl (C=O) groups excluding carboxylic acids is 1. The van der Waals surface area contributed by atoms with E-state index in [1.807, 2.05) is 0 Å². The van der Waals surface area contributed by atoms with Crippen molar-refractivity contribution >= 4 is 11.9 Å². The molecular formula is C24H29N5O3. The van der Waals surface area contributed by atoms with Crippen molar-refractivity contribution in [3.63, 3.8) is 0 Å². The lowest BCUT2D eigenvalue weighted by Crippen LogP contribution is -2.47. The first kappa shape index (κ1) is 6.07. The number of amides is 1. The Morgan fingerprint density at radius 2 is 2.06 bits per heavy atom. The second kappa shape index (κ2) is 10.7. The predicted octanol–water partition coefficient (Wildman–Crippen LogP) is 4.16. The van der Waals surface area contributed by atoms with E-state index in [0.29, 0.717) is 0 Å². The van der Waals surface area contributed by atoms with Gasteiger partial charge in [-0.15, -0.1) is 5.10 Å². The number of tetrazole rings is 1. The van der Waals surface area contributed by atoms with Crippen LogP contribution in [0.2, 0.25) is 1.41 Å². The molecule has 3 aromatic rings. The van der Waals surface area contributed by atoms with Crippen LogP contribution in [0, 0.1) is 5.89 Å². The molecule has 0 unspecified atom stereocenters. The molecule has 1 heterocycles. The standard InChI is InChI=1S/C24H29N5O3/c1-4-5-10-21(30)29(22(16(2)3)24(31)32)15-17-11-13-18(14-12-17)19-8-6-7-9-20(19)23-25-27-28-26-23/h6-9,11-14,16,22H,4-5,10,15H2,1-3H3,(H,31,32)(H,25,26,27,28)/t22-/m0/s1/i1D3,2D3,3D3,4D2,5D2,6D,7D,8D,9D,10D2,11D,12D,13D,14D,15D2,16D,22D/hD2. The number of aliphatic carboxylic acids is 1. The Bertz CT molecular complexity index is 2220. The summed E-state index contributed by atoms with van der Waals surface area (Å²) in [6.45, 7) is -18.5. The highest BCUT2D eigenvalue weighted by atomic mass is 16.4. The number of rotatable bonds is 10. The van der Waals surface area contributed by atoms with Crippen LogP contribution in [-0.4, -0.2) is 48.5 Å². The quantitative estimate of drug-likeness (QED) is 0.466. The first-order valence-electron chi connectivity index (χ1n) is 22.4. The Morgan fingerprint density at radius 3 is 2.72 bits per heavy atom. The summed E-state index contributed by atoms with van der Waals surface area (Å²) in [5.74, 6) is -12.2. The topological polar surface area (TPSA) is 112 Å². The molecule has 8 nitrogen and oxygen atoms in total. The van der Waals surface area contributed by atoms with Gasteiger partial charge in [0, 0.05) is 40.4 Å². The fourth-order valence-electron chi connectivity index (χ4n) is 2.17. The molecular weight excluding hydrogens is 406 g/mol. The summed E-state index contributed by atoms with van der Waals surface area (Å²) in [7, 11) is 0. The summed E-state index contributed by atoms with van der Waals surface area (Å²) < 4.78 is 238. The lowest BCUT2D eigenvalue weighted by Gasteiger charge is -2.32. The smallest absolute Gasteiger partial charge is 0.326 e. The van der Waals surface area contributed by atoms with E-state index >= 15 is 0 Å². The maximum atomic E-state index is 14.6. The number of benzene rings is 2. The second-order valence-electron chi connectivity index (χ2n) is 5.34. The Hall–Kier alpha value is -3.55. The van der Waals surface area contributed by atoms with E-state index < -0.39 is 151 Å². The fourth-order valence-corrected chi connectivity index (χ4v) is 2.17. The highest BCUT2D eigenvalue weighted by Crippen LogP contribution is 2.30. The Labute approximate surface area is 228 Å². The number of aromatic amines is 1. The summed E-state index contributed by atoms with van der Waals surface area (Å²) in [5.41, 5.74) is -5.10. The van der Waals surface area contributed by atoms with Crippen LogP contribution in [0.15, 0.2) is 48.3 Å². The zero-order valence-electron chi connectivity index (χ0n) is 44.5. The molecule has 1 amide bonds. The maximum absolute atomic E-state index is 14.6. The van der Waals surface area contributed by atoms with Crippen molar-refractivity contribution in [1.29, 1.82) is 1.43 Å². The first-order valence-corrected chi connectivity index (χ1v) is 8.08. The van der Waals surface area contributed by atoms with Crippen LogP contribution in [0.1, 0.15) is 82.2 Å². The van der Waals surface area contributed by atoms with E-state index in [0.717, 1.165) is 0 Å². The predicted molar refractivity (Wildman–Crippen MR) is 121 cm³/mol. The van der Waals surface area contributed by atoms with Crippen molar-refractivity contribution < 1.29 is 53.1 Å². The van der Waals surface area contributed by atoms with Gasteiger partial charge in [0.05, 0.1) is 15.1 Å². The number of H-pyrrole nitrogens is 1. The summed E-state index contributed by atoms with van der Waals surface area (Å²) in [6.07, 6.45) is -14.5. The minimum atomic E-state index is -5.32. The van der Waals surface area contributed by atoms with Gasteiger partial charge >= 0.3 is 5.97 Å². The molecule has 0 radical (unpaired) electrons. The average Bonchev–Trinajstić information content (AvgIpc) is 3.54. The monoisotopic (exact) mass is 464 g/mol. The van der Waals surface area contributed by atoms with Crippen LogP contribution < -0.4 is 0 Å². The number of hydrogen-bond donors (Lipinski definition) is 2. The molecule has 0 saturated heterocycles. The number of carbonyl (C=O) groups is 2. The minimum absolute atomic E-state index is 0.107. The van der Waals surface area contributed by atoms with Gasteiger partial charge in [-0.25, -0.2) is 9.89 Å². The molecule has 0 bridgehead atoms. The van der Waals surface area contributed by atoms with E-state index in [4.69, 9.17) is 39.9 Å². The van der Waals surface area contributed by atoms with Gasteiger partial charge in [-0.1, -0.05) is 75.3 Å². The van der Waals surface area contributed by atoms with Gasteiger partial charge in [0.15, 0.2) is 7.24 Å². The number of nitrogens with one attached hydrogen (secondary N) is 1. The third-order valence-electron chi connectivity index (χ3n) is 3.42. The highest BCUT2D eigenvalue weighted by molar-refractivity contribution is 5.84. The van der Waals surface area contributed by atoms with Crippen molar-refractivity contribution in [3.8, 4) is 22.5 Å². The Balaban J connectivity index is 2.77. The average molecular weight is 465 g/mol. The number of nitrogens with zero attached hydrogens (tertiary/aromatic N) is 4. The largest absolute Gasteiger partial charge is 0.480 e. The minimum Gasteiger partial charge on any atom is -0.480 e. The summed E-state index contributed by atoms with van der Waals surface area (Å²) in [6, 6.07) is -16.5. The van der Waals surface area contributed by atoms with Gasteiger partial charge in [0.25, 0.3) is 1.43 Å². The van der Waals surface area contributed by atoms with Crippen LogP contribution in [0.4, 0.5) is 0 Å². The molecule has 2 N–H and O–H groups in total. The fraction of sp³-hybridized carbons (Fsp3) is 0.375. The Morgan fingerprint density at radius 1 is 1.28 bits per heavy atom. The van der Waals surface area contributed by atoms with Gasteiger partial charge in [0.1, 0.15) is 6.02 Å². The molecule has 1 atom stereocenters. The summed E-state index contributed by atoms with van der Waals surface area (Å²) >= 11 is 0. The van der Waals surface area contributed by atoms with Crippen molar-refractivity contribution in [1.82, 2.24) is 25.5 Å². The van der Waals surface area contributed by atoms with E-state index in [2.05, 4.69) is 20.6 Å². The third-order valence-corrected chi connectivity index (χ3v) is 3.42. The maximum Gasteiger partial charge on any atom is 0.326 e. The molecule has 8 heteroatoms. The molecule has 168 valence electrons. The van der Waals surface area contributed by atoms with Crippen molar-refractivity contribution in [3.05, 3.63) is 53.9 Å². The molecule has 2 aromatic carbocycles. The molecule has 32 heavy (non-hydrogen) atoms. The Kier molecular flexibility index (Phi) is 2.02. The zero-order valence-corrected chi connectivity index (χ0v) is 15.5. The molecule has 0 saturated carbocycles. The van der Waals surface area contributed by atoms with Gasteiger partial charge in [0.2, 0.25) is 5.91 Å². The molecule has 0 aliphatic heterocycles. The van der Waals surface area contributed by atoms with Crippen LogP contribution in [0.25, 0.3) is 23.9 Å². The first-order chi connectivity index (χ1) is 27.1. The number of carboxylic acid groups (broad SMARTS) is 1. The summed E-state index contributed by atoms with van der Waals surface area (Å²) in [4.78, 5) is 26.6. The van der Waals surface area contributed by atoms with Crippen molar-refractivity contribution in [2.45, 2.75) is 52.2 Å². The van der Waals surface area contributed by atoms with E-state index in [9.17, 15) is 9.59 Å². The molecule has 0 spiro atoms. The molecule has 0 aliphatic carbocycles. The molecule has 0 aliphatic rings. The van der Waals surface area contributed by atoms with Gasteiger partial charge < -0.3 is 10.0 Å². The van der Waals surface area contributed by atoms with E-state index in [1.54, 1.807) is 0 Å². The second-order valence-corrected chi connectivity index (χ2v) is 5.34. The van der Waals surface area contributed by atoms with Crippen LogP contribution in [-0.2, 0) is 16.1 Å².